The van der Waals surface area contributed by atoms with Crippen LogP contribution in [0.5, 0.6) is 0 Å². The van der Waals surface area contributed by atoms with Crippen molar-refractivity contribution in [2.24, 2.45) is 5.73 Å². The van der Waals surface area contributed by atoms with Crippen molar-refractivity contribution in [2.75, 3.05) is 26.2 Å². The zero-order chi connectivity index (χ0) is 20.1. The largest absolute Gasteiger partial charge is 0.341 e. The van der Waals surface area contributed by atoms with Crippen molar-refractivity contribution in [3.05, 3.63) is 71.0 Å². The SMILES string of the molecule is Cc1ccc(C(N)C(=O)N2CCCN(C(=O)Cc3cccc(F)c3)CC2)cc1.Cl. The van der Waals surface area contributed by atoms with Gasteiger partial charge in [-0.3, -0.25) is 9.59 Å². The van der Waals surface area contributed by atoms with E-state index in [0.29, 0.717) is 38.2 Å². The van der Waals surface area contributed by atoms with Crippen LogP contribution >= 0.6 is 12.4 Å². The quantitative estimate of drug-likeness (QED) is 0.828. The summed E-state index contributed by atoms with van der Waals surface area (Å²) < 4.78 is 13.3. The molecule has 1 unspecified atom stereocenters. The van der Waals surface area contributed by atoms with Crippen LogP contribution in [-0.4, -0.2) is 47.8 Å². The van der Waals surface area contributed by atoms with E-state index >= 15 is 0 Å². The summed E-state index contributed by atoms with van der Waals surface area (Å²) >= 11 is 0. The molecule has 0 aromatic heterocycles. The Morgan fingerprint density at radius 2 is 1.69 bits per heavy atom. The number of aryl methyl sites for hydroxylation is 1. The highest BCUT2D eigenvalue weighted by Crippen LogP contribution is 2.16. The molecule has 1 saturated heterocycles. The molecule has 0 bridgehead atoms. The minimum atomic E-state index is -0.699. The molecule has 0 spiro atoms. The summed E-state index contributed by atoms with van der Waals surface area (Å²) in [5.41, 5.74) is 8.74. The fourth-order valence-corrected chi connectivity index (χ4v) is 3.43. The molecule has 3 rings (SSSR count). The van der Waals surface area contributed by atoms with Gasteiger partial charge in [-0.05, 0) is 36.6 Å². The molecule has 1 fully saturated rings. The second-order valence-electron chi connectivity index (χ2n) is 7.25. The molecule has 1 aliphatic heterocycles. The van der Waals surface area contributed by atoms with Gasteiger partial charge in [-0.1, -0.05) is 42.0 Å². The first kappa shape index (κ1) is 22.8. The van der Waals surface area contributed by atoms with E-state index in [-0.39, 0.29) is 36.5 Å². The maximum Gasteiger partial charge on any atom is 0.244 e. The molecule has 0 aliphatic carbocycles. The standard InChI is InChI=1S/C22H26FN3O2.ClH/c1-16-6-8-18(9-7-16)21(24)22(28)26-11-3-10-25(12-13-26)20(27)15-17-4-2-5-19(23)14-17;/h2,4-9,14,21H,3,10-13,15,24H2,1H3;1H. The predicted octanol–water partition coefficient (Wildman–Crippen LogP) is 2.86. The topological polar surface area (TPSA) is 66.6 Å². The molecule has 29 heavy (non-hydrogen) atoms. The van der Waals surface area contributed by atoms with Gasteiger partial charge in [-0.15, -0.1) is 12.4 Å². The second kappa shape index (κ2) is 10.4. The van der Waals surface area contributed by atoms with Crippen LogP contribution in [0.3, 0.4) is 0 Å². The number of rotatable bonds is 4. The lowest BCUT2D eigenvalue weighted by Crippen LogP contribution is -2.41. The maximum absolute atomic E-state index is 13.3. The van der Waals surface area contributed by atoms with Crippen molar-refractivity contribution in [3.8, 4) is 0 Å². The molecule has 0 radical (unpaired) electrons. The zero-order valence-corrected chi connectivity index (χ0v) is 17.3. The molecule has 1 heterocycles. The molecule has 156 valence electrons. The third kappa shape index (κ3) is 6.02. The van der Waals surface area contributed by atoms with E-state index in [1.54, 1.807) is 21.9 Å². The Kier molecular flexibility index (Phi) is 8.17. The first-order valence-electron chi connectivity index (χ1n) is 9.57. The third-order valence-corrected chi connectivity index (χ3v) is 5.11. The first-order chi connectivity index (χ1) is 13.4. The van der Waals surface area contributed by atoms with E-state index in [9.17, 15) is 14.0 Å². The Morgan fingerprint density at radius 1 is 1.03 bits per heavy atom. The van der Waals surface area contributed by atoms with Crippen LogP contribution in [-0.2, 0) is 16.0 Å². The molecule has 0 saturated carbocycles. The third-order valence-electron chi connectivity index (χ3n) is 5.11. The van der Waals surface area contributed by atoms with Crippen LogP contribution < -0.4 is 5.73 Å². The van der Waals surface area contributed by atoms with Gasteiger partial charge in [0.2, 0.25) is 11.8 Å². The van der Waals surface area contributed by atoms with Gasteiger partial charge in [0.15, 0.2) is 0 Å². The fraction of sp³-hybridized carbons (Fsp3) is 0.364. The highest BCUT2D eigenvalue weighted by Gasteiger charge is 2.26. The number of nitrogens with two attached hydrogens (primary N) is 1. The van der Waals surface area contributed by atoms with Crippen molar-refractivity contribution < 1.29 is 14.0 Å². The van der Waals surface area contributed by atoms with Gasteiger partial charge in [0.05, 0.1) is 6.42 Å². The molecule has 2 amide bonds. The summed E-state index contributed by atoms with van der Waals surface area (Å²) in [6.07, 6.45) is 0.857. The predicted molar refractivity (Wildman–Crippen MR) is 113 cm³/mol. The number of carbonyl (C=O) groups excluding carboxylic acids is 2. The lowest BCUT2D eigenvalue weighted by molar-refractivity contribution is -0.134. The molecule has 1 aliphatic rings. The van der Waals surface area contributed by atoms with Crippen LogP contribution in [0.1, 0.15) is 29.2 Å². The Hall–Kier alpha value is -2.44. The monoisotopic (exact) mass is 419 g/mol. The van der Waals surface area contributed by atoms with E-state index in [2.05, 4.69) is 0 Å². The molecule has 2 aromatic carbocycles. The molecule has 1 atom stereocenters. The van der Waals surface area contributed by atoms with Crippen LogP contribution in [0.15, 0.2) is 48.5 Å². The van der Waals surface area contributed by atoms with Crippen LogP contribution in [0.4, 0.5) is 4.39 Å². The van der Waals surface area contributed by atoms with Crippen LogP contribution in [0, 0.1) is 12.7 Å². The Balaban J connectivity index is 0.00000300. The Labute approximate surface area is 177 Å². The van der Waals surface area contributed by atoms with Crippen molar-refractivity contribution in [1.82, 2.24) is 9.80 Å². The summed E-state index contributed by atoms with van der Waals surface area (Å²) in [4.78, 5) is 28.8. The number of hydrogen-bond donors (Lipinski definition) is 1. The molecule has 5 nitrogen and oxygen atoms in total. The molecular weight excluding hydrogens is 393 g/mol. The van der Waals surface area contributed by atoms with Gasteiger partial charge >= 0.3 is 0 Å². The van der Waals surface area contributed by atoms with Crippen molar-refractivity contribution >= 4 is 24.2 Å². The van der Waals surface area contributed by atoms with E-state index in [1.165, 1.54) is 12.1 Å². The number of carbonyl (C=O) groups is 2. The average Bonchev–Trinajstić information content (AvgIpc) is 2.94. The first-order valence-corrected chi connectivity index (χ1v) is 9.57. The summed E-state index contributed by atoms with van der Waals surface area (Å²) in [6.45, 7) is 4.05. The maximum atomic E-state index is 13.3. The van der Waals surface area contributed by atoms with E-state index in [4.69, 9.17) is 5.73 Å². The van der Waals surface area contributed by atoms with E-state index in [1.807, 2.05) is 31.2 Å². The summed E-state index contributed by atoms with van der Waals surface area (Å²) in [5, 5.41) is 0. The number of halogens is 2. The number of nitrogens with zero attached hydrogens (tertiary/aromatic N) is 2. The van der Waals surface area contributed by atoms with Crippen LogP contribution in [0.25, 0.3) is 0 Å². The second-order valence-corrected chi connectivity index (χ2v) is 7.25. The van der Waals surface area contributed by atoms with Crippen molar-refractivity contribution in [2.45, 2.75) is 25.8 Å². The Morgan fingerprint density at radius 3 is 2.38 bits per heavy atom. The van der Waals surface area contributed by atoms with Gasteiger partial charge < -0.3 is 15.5 Å². The van der Waals surface area contributed by atoms with Gasteiger partial charge in [0, 0.05) is 26.2 Å². The number of benzene rings is 2. The van der Waals surface area contributed by atoms with Crippen molar-refractivity contribution in [1.29, 1.82) is 0 Å². The highest BCUT2D eigenvalue weighted by molar-refractivity contribution is 5.85. The number of hydrogen-bond acceptors (Lipinski definition) is 3. The van der Waals surface area contributed by atoms with Gasteiger partial charge in [0.1, 0.15) is 11.9 Å². The fourth-order valence-electron chi connectivity index (χ4n) is 3.43. The molecule has 2 aromatic rings. The van der Waals surface area contributed by atoms with Gasteiger partial charge in [-0.25, -0.2) is 4.39 Å². The molecular formula is C22H27ClFN3O2. The van der Waals surface area contributed by atoms with Crippen LogP contribution in [0.2, 0.25) is 0 Å². The smallest absolute Gasteiger partial charge is 0.244 e. The van der Waals surface area contributed by atoms with Gasteiger partial charge in [-0.2, -0.15) is 0 Å². The minimum absolute atomic E-state index is 0. The summed E-state index contributed by atoms with van der Waals surface area (Å²) in [6, 6.07) is 13.0. The highest BCUT2D eigenvalue weighted by atomic mass is 35.5. The summed E-state index contributed by atoms with van der Waals surface area (Å²) in [7, 11) is 0. The summed E-state index contributed by atoms with van der Waals surface area (Å²) in [5.74, 6) is -0.519. The average molecular weight is 420 g/mol. The van der Waals surface area contributed by atoms with E-state index < -0.39 is 6.04 Å². The lowest BCUT2D eigenvalue weighted by Gasteiger charge is -2.25. The van der Waals surface area contributed by atoms with Crippen molar-refractivity contribution in [3.63, 3.8) is 0 Å². The normalized spacial score (nSPS) is 15.3. The zero-order valence-electron chi connectivity index (χ0n) is 16.5. The number of amides is 2. The molecule has 2 N–H and O–H groups in total. The molecule has 7 heteroatoms. The van der Waals surface area contributed by atoms with E-state index in [0.717, 1.165) is 11.1 Å². The Bertz CT molecular complexity index is 844. The minimum Gasteiger partial charge on any atom is -0.341 e. The lowest BCUT2D eigenvalue weighted by atomic mass is 10.0. The van der Waals surface area contributed by atoms with Gasteiger partial charge in [0.25, 0.3) is 0 Å².